The standard InChI is InChI=1S/C18H31N5O9/c1-8(2)14(20)17(30)23-11(7-24)16(29)21-9(3-5-12(19)25)15(28)22-10(18(31)32)4-6-13(26)27/h8-11,14,24H,3-7,20H2,1-2H3,(H2,19,25)(H,21,29)(H,22,28)(H,23,30)(H,26,27)(H,31,32). The van der Waals surface area contributed by atoms with Gasteiger partial charge in [-0.3, -0.25) is 24.0 Å². The summed E-state index contributed by atoms with van der Waals surface area (Å²) in [4.78, 5) is 70.1. The third-order valence-electron chi connectivity index (χ3n) is 4.41. The van der Waals surface area contributed by atoms with Crippen molar-refractivity contribution in [2.24, 2.45) is 17.4 Å². The van der Waals surface area contributed by atoms with Gasteiger partial charge in [0.1, 0.15) is 18.1 Å². The number of aliphatic carboxylic acids is 2. The Balaban J connectivity index is 5.37. The van der Waals surface area contributed by atoms with Crippen molar-refractivity contribution in [2.45, 2.75) is 63.7 Å². The van der Waals surface area contributed by atoms with Gasteiger partial charge in [-0.25, -0.2) is 4.79 Å². The molecule has 0 aromatic rings. The molecule has 14 nitrogen and oxygen atoms in total. The summed E-state index contributed by atoms with van der Waals surface area (Å²) in [5.41, 5.74) is 10.8. The van der Waals surface area contributed by atoms with Crippen molar-refractivity contribution in [3.05, 3.63) is 0 Å². The fourth-order valence-electron chi connectivity index (χ4n) is 2.39. The number of nitrogens with two attached hydrogens (primary N) is 2. The third-order valence-corrected chi connectivity index (χ3v) is 4.41. The molecule has 182 valence electrons. The van der Waals surface area contributed by atoms with Crippen molar-refractivity contribution in [3.8, 4) is 0 Å². The fraction of sp³-hybridized carbons (Fsp3) is 0.667. The normalized spacial score (nSPS) is 14.5. The molecule has 0 saturated carbocycles. The van der Waals surface area contributed by atoms with Gasteiger partial charge in [-0.2, -0.15) is 0 Å². The quantitative estimate of drug-likeness (QED) is 0.120. The lowest BCUT2D eigenvalue weighted by Gasteiger charge is -2.24. The van der Waals surface area contributed by atoms with E-state index in [4.69, 9.17) is 16.6 Å². The molecule has 0 spiro atoms. The van der Waals surface area contributed by atoms with Gasteiger partial charge in [0.15, 0.2) is 0 Å². The van der Waals surface area contributed by atoms with E-state index in [9.17, 15) is 39.0 Å². The van der Waals surface area contributed by atoms with E-state index in [1.807, 2.05) is 0 Å². The van der Waals surface area contributed by atoms with E-state index in [-0.39, 0.29) is 18.8 Å². The van der Waals surface area contributed by atoms with Crippen LogP contribution in [0.2, 0.25) is 0 Å². The molecular formula is C18H31N5O9. The first-order valence-electron chi connectivity index (χ1n) is 9.80. The number of aliphatic hydroxyl groups excluding tert-OH is 1. The Labute approximate surface area is 184 Å². The van der Waals surface area contributed by atoms with Crippen molar-refractivity contribution < 1.29 is 44.1 Å². The first-order valence-corrected chi connectivity index (χ1v) is 9.80. The average molecular weight is 461 g/mol. The molecule has 4 amide bonds. The van der Waals surface area contributed by atoms with Gasteiger partial charge in [0, 0.05) is 12.8 Å². The molecule has 32 heavy (non-hydrogen) atoms. The van der Waals surface area contributed by atoms with Crippen molar-refractivity contribution in [3.63, 3.8) is 0 Å². The molecule has 0 aliphatic rings. The molecule has 0 aliphatic heterocycles. The molecule has 0 aromatic carbocycles. The molecular weight excluding hydrogens is 430 g/mol. The summed E-state index contributed by atoms with van der Waals surface area (Å²) < 4.78 is 0. The predicted molar refractivity (Wildman–Crippen MR) is 109 cm³/mol. The Kier molecular flexibility index (Phi) is 12.5. The number of carbonyl (C=O) groups is 6. The van der Waals surface area contributed by atoms with Crippen LogP contribution in [0.5, 0.6) is 0 Å². The number of hydrogen-bond donors (Lipinski definition) is 8. The highest BCUT2D eigenvalue weighted by atomic mass is 16.4. The van der Waals surface area contributed by atoms with Gasteiger partial charge in [-0.05, 0) is 18.8 Å². The van der Waals surface area contributed by atoms with Crippen molar-refractivity contribution in [1.29, 1.82) is 0 Å². The molecule has 10 N–H and O–H groups in total. The molecule has 0 fully saturated rings. The summed E-state index contributed by atoms with van der Waals surface area (Å²) in [5, 5.41) is 33.9. The van der Waals surface area contributed by atoms with E-state index < -0.39 is 79.2 Å². The molecule has 0 rings (SSSR count). The van der Waals surface area contributed by atoms with Gasteiger partial charge >= 0.3 is 11.9 Å². The number of carboxylic acids is 2. The van der Waals surface area contributed by atoms with Gasteiger partial charge < -0.3 is 42.7 Å². The summed E-state index contributed by atoms with van der Waals surface area (Å²) in [6.07, 6.45) is -1.62. The minimum Gasteiger partial charge on any atom is -0.481 e. The second kappa shape index (κ2) is 13.9. The van der Waals surface area contributed by atoms with Crippen molar-refractivity contribution in [1.82, 2.24) is 16.0 Å². The number of carbonyl (C=O) groups excluding carboxylic acids is 4. The Hall–Kier alpha value is -3.26. The molecule has 0 bridgehead atoms. The lowest BCUT2D eigenvalue weighted by atomic mass is 10.0. The zero-order valence-corrected chi connectivity index (χ0v) is 17.9. The smallest absolute Gasteiger partial charge is 0.326 e. The SMILES string of the molecule is CC(C)C(N)C(=O)NC(CO)C(=O)NC(CCC(N)=O)C(=O)NC(CCC(=O)O)C(=O)O. The Morgan fingerprint density at radius 2 is 1.25 bits per heavy atom. The number of primary amides is 1. The monoisotopic (exact) mass is 461 g/mol. The van der Waals surface area contributed by atoms with E-state index in [1.54, 1.807) is 13.8 Å². The van der Waals surface area contributed by atoms with E-state index in [0.29, 0.717) is 0 Å². The summed E-state index contributed by atoms with van der Waals surface area (Å²) in [6.45, 7) is 2.51. The molecule has 4 atom stereocenters. The van der Waals surface area contributed by atoms with Crippen LogP contribution < -0.4 is 27.4 Å². The van der Waals surface area contributed by atoms with Gasteiger partial charge in [-0.15, -0.1) is 0 Å². The van der Waals surface area contributed by atoms with Crippen LogP contribution in [-0.4, -0.2) is 81.7 Å². The second-order valence-corrected chi connectivity index (χ2v) is 7.41. The van der Waals surface area contributed by atoms with E-state index in [0.717, 1.165) is 0 Å². The van der Waals surface area contributed by atoms with E-state index in [2.05, 4.69) is 16.0 Å². The van der Waals surface area contributed by atoms with Crippen LogP contribution in [0.15, 0.2) is 0 Å². The summed E-state index contributed by atoms with van der Waals surface area (Å²) in [5.74, 6) is -6.55. The summed E-state index contributed by atoms with van der Waals surface area (Å²) >= 11 is 0. The average Bonchev–Trinajstić information content (AvgIpc) is 2.70. The highest BCUT2D eigenvalue weighted by molar-refractivity contribution is 5.94. The van der Waals surface area contributed by atoms with Crippen LogP contribution >= 0.6 is 0 Å². The van der Waals surface area contributed by atoms with Crippen molar-refractivity contribution >= 4 is 35.6 Å². The highest BCUT2D eigenvalue weighted by Crippen LogP contribution is 2.04. The van der Waals surface area contributed by atoms with Crippen LogP contribution in [0.4, 0.5) is 0 Å². The molecule has 4 unspecified atom stereocenters. The number of hydrogen-bond acceptors (Lipinski definition) is 8. The lowest BCUT2D eigenvalue weighted by Crippen LogP contribution is -2.58. The minimum absolute atomic E-state index is 0.259. The van der Waals surface area contributed by atoms with Crippen LogP contribution in [-0.2, 0) is 28.8 Å². The maximum Gasteiger partial charge on any atom is 0.326 e. The van der Waals surface area contributed by atoms with Crippen LogP contribution in [0.1, 0.15) is 39.5 Å². The maximum atomic E-state index is 12.5. The Morgan fingerprint density at radius 3 is 1.69 bits per heavy atom. The van der Waals surface area contributed by atoms with Crippen LogP contribution in [0.25, 0.3) is 0 Å². The van der Waals surface area contributed by atoms with Gasteiger partial charge in [-0.1, -0.05) is 13.8 Å². The molecule has 0 aromatic heterocycles. The first-order chi connectivity index (χ1) is 14.8. The van der Waals surface area contributed by atoms with Crippen molar-refractivity contribution in [2.75, 3.05) is 6.61 Å². The van der Waals surface area contributed by atoms with Gasteiger partial charge in [0.05, 0.1) is 12.6 Å². The van der Waals surface area contributed by atoms with Gasteiger partial charge in [0.2, 0.25) is 23.6 Å². The number of amides is 4. The molecule has 0 heterocycles. The fourth-order valence-corrected chi connectivity index (χ4v) is 2.39. The topological polar surface area (TPSA) is 251 Å². The second-order valence-electron chi connectivity index (χ2n) is 7.41. The molecule has 0 saturated heterocycles. The zero-order chi connectivity index (χ0) is 25.0. The largest absolute Gasteiger partial charge is 0.481 e. The van der Waals surface area contributed by atoms with Crippen LogP contribution in [0.3, 0.4) is 0 Å². The van der Waals surface area contributed by atoms with E-state index >= 15 is 0 Å². The predicted octanol–water partition coefficient (Wildman–Crippen LogP) is -3.37. The number of nitrogens with one attached hydrogen (secondary N) is 3. The molecule has 0 aliphatic carbocycles. The number of aliphatic hydroxyl groups is 1. The third kappa shape index (κ3) is 10.7. The molecule has 14 heteroatoms. The van der Waals surface area contributed by atoms with E-state index in [1.165, 1.54) is 0 Å². The Morgan fingerprint density at radius 1 is 0.781 bits per heavy atom. The highest BCUT2D eigenvalue weighted by Gasteiger charge is 2.30. The van der Waals surface area contributed by atoms with Crippen LogP contribution in [0, 0.1) is 5.92 Å². The summed E-state index contributed by atoms with van der Waals surface area (Å²) in [6, 6.07) is -5.45. The zero-order valence-electron chi connectivity index (χ0n) is 17.9. The number of carboxylic acid groups (broad SMARTS) is 2. The summed E-state index contributed by atoms with van der Waals surface area (Å²) in [7, 11) is 0. The molecule has 0 radical (unpaired) electrons. The first kappa shape index (κ1) is 28.7. The number of rotatable bonds is 15. The minimum atomic E-state index is -1.57. The maximum absolute atomic E-state index is 12.5. The Bertz CT molecular complexity index is 713. The van der Waals surface area contributed by atoms with Gasteiger partial charge in [0.25, 0.3) is 0 Å². The lowest BCUT2D eigenvalue weighted by molar-refractivity contribution is -0.143.